The van der Waals surface area contributed by atoms with E-state index in [-0.39, 0.29) is 24.3 Å². The monoisotopic (exact) mass is 1020 g/mol. The lowest BCUT2D eigenvalue weighted by Crippen LogP contribution is -2.47. The molecule has 2 aliphatic heterocycles. The van der Waals surface area contributed by atoms with Crippen LogP contribution in [0.2, 0.25) is 0 Å². The van der Waals surface area contributed by atoms with Crippen molar-refractivity contribution in [1.82, 2.24) is 59.5 Å². The summed E-state index contributed by atoms with van der Waals surface area (Å²) >= 11 is 0. The molecule has 75 heavy (non-hydrogen) atoms. The minimum absolute atomic E-state index is 0.0173. The molecule has 4 N–H and O–H groups in total. The van der Waals surface area contributed by atoms with E-state index in [1.165, 1.54) is 13.8 Å². The van der Waals surface area contributed by atoms with E-state index in [0.717, 1.165) is 85.5 Å². The predicted octanol–water partition coefficient (Wildman–Crippen LogP) is 8.56. The Morgan fingerprint density at radius 1 is 0.627 bits per heavy atom. The zero-order chi connectivity index (χ0) is 52.3. The number of aromatic nitrogens is 8. The van der Waals surface area contributed by atoms with Crippen molar-refractivity contribution < 1.29 is 27.8 Å². The third-order valence-electron chi connectivity index (χ3n) is 13.5. The maximum atomic E-state index is 13.8. The van der Waals surface area contributed by atoms with Crippen molar-refractivity contribution in [1.29, 1.82) is 0 Å². The molecule has 20 heteroatoms. The van der Waals surface area contributed by atoms with E-state index in [1.807, 2.05) is 58.3 Å². The van der Waals surface area contributed by atoms with Gasteiger partial charge in [0, 0.05) is 128 Å². The van der Waals surface area contributed by atoms with Crippen LogP contribution >= 0.6 is 0 Å². The molecule has 18 nitrogen and oxygen atoms in total. The topological polar surface area (TPSA) is 199 Å². The largest absolute Gasteiger partial charge is 0.493 e. The molecular weight excluding hydrogens is 959 g/mol. The highest BCUT2D eigenvalue weighted by molar-refractivity contribution is 6.00. The van der Waals surface area contributed by atoms with Crippen molar-refractivity contribution in [3.8, 4) is 34.3 Å². The van der Waals surface area contributed by atoms with E-state index in [1.54, 1.807) is 68.1 Å². The molecule has 2 aromatic carbocycles. The van der Waals surface area contributed by atoms with E-state index in [9.17, 15) is 18.4 Å². The Morgan fingerprint density at radius 2 is 1.07 bits per heavy atom. The Balaban J connectivity index is 0.000000171. The van der Waals surface area contributed by atoms with Gasteiger partial charge in [-0.3, -0.25) is 19.6 Å². The van der Waals surface area contributed by atoms with Gasteiger partial charge in [-0.2, -0.15) is 0 Å². The summed E-state index contributed by atoms with van der Waals surface area (Å²) in [5, 5.41) is 8.32. The summed E-state index contributed by atoms with van der Waals surface area (Å²) in [6.07, 6.45) is 7.11. The number of nitrogens with one attached hydrogen (secondary N) is 4. The van der Waals surface area contributed by atoms with Crippen LogP contribution in [-0.2, 0) is 0 Å². The van der Waals surface area contributed by atoms with Crippen LogP contribution in [0, 0.1) is 5.92 Å². The molecule has 3 fully saturated rings. The molecule has 0 spiro atoms. The van der Waals surface area contributed by atoms with Gasteiger partial charge < -0.3 is 49.7 Å². The summed E-state index contributed by atoms with van der Waals surface area (Å²) in [4.78, 5) is 67.3. The Hall–Kier alpha value is -8.10. The van der Waals surface area contributed by atoms with Gasteiger partial charge in [0.2, 0.25) is 11.9 Å². The fourth-order valence-electron chi connectivity index (χ4n) is 8.78. The second-order valence-corrected chi connectivity index (χ2v) is 20.2. The van der Waals surface area contributed by atoms with Gasteiger partial charge >= 0.3 is 0 Å². The van der Waals surface area contributed by atoms with Gasteiger partial charge in [-0.1, -0.05) is 0 Å². The Morgan fingerprint density at radius 3 is 1.51 bits per heavy atom. The number of anilines is 4. The standard InChI is InChI=1S/C28H30FN7O2.C27H30FN7O2/c1-28(29)16-19(28)17-38-21-5-7-30-24(15-21)23-6-8-31-27(34-23)32-20-3-4-22-18(13-20)14-25(33-22)26(37)36-11-9-35(2)10-12-36;1-27(2,28)17-37-20-6-8-29-23(16-20)22-7-9-30-26(33-22)31-19-4-5-21-18(14-19)15-24(32-21)25(36)35-12-10-34(3)11-13-35/h3-8,13-15,19,33H,9-12,16-17H2,1-2H3,(H,31,32,34);4-9,14-16,32H,10-13,17H2,1-3H3,(H,30,31,33). The van der Waals surface area contributed by atoms with Crippen LogP contribution in [0.1, 0.15) is 48.2 Å². The van der Waals surface area contributed by atoms with Gasteiger partial charge in [-0.15, -0.1) is 0 Å². The molecule has 2 atom stereocenters. The molecule has 0 bridgehead atoms. The molecule has 0 radical (unpaired) electrons. The first-order valence-corrected chi connectivity index (χ1v) is 25.1. The summed E-state index contributed by atoms with van der Waals surface area (Å²) < 4.78 is 39.0. The summed E-state index contributed by atoms with van der Waals surface area (Å²) in [5.74, 6) is 1.95. The van der Waals surface area contributed by atoms with Crippen LogP contribution < -0.4 is 20.1 Å². The number of aromatic amines is 2. The summed E-state index contributed by atoms with van der Waals surface area (Å²) in [7, 11) is 4.14. The number of H-pyrrole nitrogens is 2. The number of carbonyl (C=O) groups is 2. The first-order valence-electron chi connectivity index (χ1n) is 25.1. The average molecular weight is 1020 g/mol. The van der Waals surface area contributed by atoms with Crippen LogP contribution in [0.25, 0.3) is 44.6 Å². The van der Waals surface area contributed by atoms with Gasteiger partial charge in [0.05, 0.1) is 29.4 Å². The molecule has 6 aromatic heterocycles. The highest BCUT2D eigenvalue weighted by Gasteiger charge is 2.51. The maximum absolute atomic E-state index is 13.8. The van der Waals surface area contributed by atoms with E-state index >= 15 is 0 Å². The lowest BCUT2D eigenvalue weighted by Gasteiger charge is -2.32. The first-order chi connectivity index (χ1) is 36.1. The molecule has 1 aliphatic carbocycles. The van der Waals surface area contributed by atoms with E-state index in [2.05, 4.69) is 74.4 Å². The van der Waals surface area contributed by atoms with Gasteiger partial charge in [0.25, 0.3) is 11.8 Å². The number of ether oxygens (including phenoxy) is 2. The lowest BCUT2D eigenvalue weighted by atomic mass is 10.2. The van der Waals surface area contributed by atoms with Crippen LogP contribution in [0.4, 0.5) is 32.1 Å². The van der Waals surface area contributed by atoms with E-state index in [0.29, 0.717) is 70.6 Å². The van der Waals surface area contributed by atoms with Crippen molar-refractivity contribution >= 4 is 56.9 Å². The number of fused-ring (bicyclic) bond motifs is 2. The van der Waals surface area contributed by atoms with Crippen molar-refractivity contribution in [2.24, 2.45) is 5.92 Å². The molecule has 2 amide bonds. The highest BCUT2D eigenvalue weighted by atomic mass is 19.1. The summed E-state index contributed by atoms with van der Waals surface area (Å²) in [5.41, 5.74) is 4.45. The molecule has 388 valence electrons. The van der Waals surface area contributed by atoms with E-state index < -0.39 is 11.3 Å². The Bertz CT molecular complexity index is 3320. The molecule has 8 aromatic rings. The molecule has 3 aliphatic rings. The Labute approximate surface area is 432 Å². The third-order valence-corrected chi connectivity index (χ3v) is 13.5. The fraction of sp³-hybridized carbons (Fsp3) is 0.345. The van der Waals surface area contributed by atoms with Gasteiger partial charge in [-0.25, -0.2) is 28.7 Å². The van der Waals surface area contributed by atoms with Crippen molar-refractivity contribution in [3.05, 3.63) is 121 Å². The number of piperazine rings is 2. The predicted molar refractivity (Wildman–Crippen MR) is 284 cm³/mol. The summed E-state index contributed by atoms with van der Waals surface area (Å²) in [6, 6.07) is 25.9. The number of alkyl halides is 2. The minimum Gasteiger partial charge on any atom is -0.493 e. The smallest absolute Gasteiger partial charge is 0.270 e. The number of nitrogens with zero attached hydrogens (tertiary/aromatic N) is 10. The zero-order valence-electron chi connectivity index (χ0n) is 42.6. The van der Waals surface area contributed by atoms with Gasteiger partial charge in [0.1, 0.15) is 40.8 Å². The number of carbonyl (C=O) groups excluding carboxylic acids is 2. The molecular formula is C55H60F2N14O4. The van der Waals surface area contributed by atoms with Crippen LogP contribution in [-0.4, -0.2) is 162 Å². The third kappa shape index (κ3) is 12.6. The average Bonchev–Trinajstić information content (AvgIpc) is 3.66. The van der Waals surface area contributed by atoms with Gasteiger partial charge in [-0.05, 0) is 114 Å². The number of amides is 2. The van der Waals surface area contributed by atoms with Gasteiger partial charge in [0.15, 0.2) is 0 Å². The minimum atomic E-state index is -1.44. The highest BCUT2D eigenvalue weighted by Crippen LogP contribution is 2.46. The molecule has 1 saturated carbocycles. The van der Waals surface area contributed by atoms with Crippen LogP contribution in [0.3, 0.4) is 0 Å². The second kappa shape index (κ2) is 21.4. The number of hydrogen-bond donors (Lipinski definition) is 4. The lowest BCUT2D eigenvalue weighted by molar-refractivity contribution is 0.0652. The Kier molecular flexibility index (Phi) is 14.4. The van der Waals surface area contributed by atoms with Crippen molar-refractivity contribution in [2.45, 2.75) is 38.5 Å². The quantitative estimate of drug-likeness (QED) is 0.0808. The number of likely N-dealkylation sites (N-methyl/N-ethyl adjacent to an activating group) is 2. The van der Waals surface area contributed by atoms with Crippen molar-refractivity contribution in [3.63, 3.8) is 0 Å². The number of rotatable bonds is 14. The maximum Gasteiger partial charge on any atom is 0.270 e. The molecule has 2 unspecified atom stereocenters. The fourth-order valence-corrected chi connectivity index (χ4v) is 8.78. The number of pyridine rings is 2. The number of hydrogen-bond acceptors (Lipinski definition) is 14. The SMILES string of the molecule is CN1CCN(C(=O)c2cc3cc(Nc4nccc(-c5cc(OCC(C)(C)F)ccn5)n4)ccc3[nH]2)CC1.CN1CCN(C(=O)c2cc3cc(Nc4nccc(-c5cc(OCC6CC6(C)F)ccn5)n4)ccc3[nH]2)CC1. The number of halogens is 2. The number of benzene rings is 2. The second-order valence-electron chi connectivity index (χ2n) is 20.2. The van der Waals surface area contributed by atoms with E-state index in [4.69, 9.17) is 9.47 Å². The molecule has 11 rings (SSSR count). The van der Waals surface area contributed by atoms with Crippen molar-refractivity contribution in [2.75, 3.05) is 90.3 Å². The zero-order valence-corrected chi connectivity index (χ0v) is 42.6. The first kappa shape index (κ1) is 50.4. The molecule has 8 heterocycles. The van der Waals surface area contributed by atoms with Crippen LogP contribution in [0.15, 0.2) is 110 Å². The van der Waals surface area contributed by atoms with Crippen LogP contribution in [0.5, 0.6) is 11.5 Å². The summed E-state index contributed by atoms with van der Waals surface area (Å²) in [6.45, 7) is 11.2. The normalized spacial score (nSPS) is 18.1. The molecule has 2 saturated heterocycles.